The predicted molar refractivity (Wildman–Crippen MR) is 109 cm³/mol. The number of sulfonamides is 2. The SMILES string of the molecule is CC(=O)c1ccc(N(S(=O)(=O)c2cccs2)S(=O)(=O)C2CC=CS2)cc1Cl. The number of anilines is 1. The molecule has 0 radical (unpaired) electrons. The summed E-state index contributed by atoms with van der Waals surface area (Å²) in [5.41, 5.74) is 0.0501. The van der Waals surface area contributed by atoms with Gasteiger partial charge in [0.2, 0.25) is 0 Å². The molecule has 0 saturated carbocycles. The molecule has 0 fully saturated rings. The molecule has 0 saturated heterocycles. The number of thiophene rings is 1. The smallest absolute Gasteiger partial charge is 0.286 e. The number of carbonyl (C=O) groups is 1. The molecule has 1 aliphatic heterocycles. The molecule has 1 unspecified atom stereocenters. The van der Waals surface area contributed by atoms with Crippen molar-refractivity contribution in [3.05, 3.63) is 57.8 Å². The zero-order valence-corrected chi connectivity index (χ0v) is 17.9. The van der Waals surface area contributed by atoms with Gasteiger partial charge in [0.1, 0.15) is 8.79 Å². The summed E-state index contributed by atoms with van der Waals surface area (Å²) in [7, 11) is -8.66. The molecule has 0 aliphatic carbocycles. The lowest BCUT2D eigenvalue weighted by molar-refractivity contribution is 0.101. The van der Waals surface area contributed by atoms with Crippen LogP contribution >= 0.6 is 34.7 Å². The number of carbonyl (C=O) groups excluding carboxylic acids is 1. The molecule has 0 N–H and O–H groups in total. The van der Waals surface area contributed by atoms with Crippen molar-refractivity contribution < 1.29 is 21.6 Å². The Morgan fingerprint density at radius 2 is 1.96 bits per heavy atom. The lowest BCUT2D eigenvalue weighted by Crippen LogP contribution is -2.41. The molecule has 0 spiro atoms. The molecule has 1 aromatic heterocycles. The number of hydrogen-bond acceptors (Lipinski definition) is 7. The number of benzene rings is 1. The Hall–Kier alpha value is -1.33. The van der Waals surface area contributed by atoms with E-state index in [-0.39, 0.29) is 32.7 Å². The fraction of sp³-hybridized carbons (Fsp3) is 0.188. The highest BCUT2D eigenvalue weighted by Gasteiger charge is 2.42. The van der Waals surface area contributed by atoms with Gasteiger partial charge in [0.25, 0.3) is 20.0 Å². The number of halogens is 1. The Labute approximate surface area is 170 Å². The van der Waals surface area contributed by atoms with Crippen LogP contribution in [-0.4, -0.2) is 27.2 Å². The first-order chi connectivity index (χ1) is 12.7. The van der Waals surface area contributed by atoms with E-state index in [4.69, 9.17) is 11.6 Å². The van der Waals surface area contributed by atoms with Gasteiger partial charge in [0, 0.05) is 5.56 Å². The number of nitrogens with zero attached hydrogens (tertiary/aromatic N) is 1. The lowest BCUT2D eigenvalue weighted by atomic mass is 10.1. The van der Waals surface area contributed by atoms with Gasteiger partial charge in [-0.3, -0.25) is 4.79 Å². The zero-order valence-electron chi connectivity index (χ0n) is 13.9. The second kappa shape index (κ2) is 7.59. The topological polar surface area (TPSA) is 88.6 Å². The Balaban J connectivity index is 2.20. The third-order valence-electron chi connectivity index (χ3n) is 3.73. The highest BCUT2D eigenvalue weighted by molar-refractivity contribution is 8.20. The van der Waals surface area contributed by atoms with Gasteiger partial charge in [-0.15, -0.1) is 23.1 Å². The van der Waals surface area contributed by atoms with E-state index in [2.05, 4.69) is 0 Å². The second-order valence-corrected chi connectivity index (χ2v) is 12.5. The van der Waals surface area contributed by atoms with Crippen LogP contribution in [0.2, 0.25) is 5.02 Å². The maximum atomic E-state index is 13.2. The molecule has 6 nitrogen and oxygen atoms in total. The Kier molecular flexibility index (Phi) is 5.74. The summed E-state index contributed by atoms with van der Waals surface area (Å²) in [4.78, 5) is 11.6. The minimum Gasteiger partial charge on any atom is -0.294 e. The number of allylic oxidation sites excluding steroid dienone is 1. The van der Waals surface area contributed by atoms with Crippen molar-refractivity contribution in [1.82, 2.24) is 0 Å². The van der Waals surface area contributed by atoms with E-state index < -0.39 is 24.6 Å². The van der Waals surface area contributed by atoms with E-state index in [1.54, 1.807) is 16.9 Å². The summed E-state index contributed by atoms with van der Waals surface area (Å²) in [5.74, 6) is -0.308. The molecule has 2 aromatic rings. The number of thioether (sulfide) groups is 1. The largest absolute Gasteiger partial charge is 0.294 e. The van der Waals surface area contributed by atoms with Crippen molar-refractivity contribution in [2.24, 2.45) is 0 Å². The highest BCUT2D eigenvalue weighted by atomic mass is 35.5. The molecule has 3 rings (SSSR count). The van der Waals surface area contributed by atoms with Crippen LogP contribution in [0.3, 0.4) is 0 Å². The molecule has 0 bridgehead atoms. The molecule has 1 aromatic carbocycles. The fourth-order valence-electron chi connectivity index (χ4n) is 2.48. The molecule has 27 heavy (non-hydrogen) atoms. The molecule has 1 atom stereocenters. The summed E-state index contributed by atoms with van der Waals surface area (Å²) in [6.07, 6.45) is 1.87. The molecule has 0 amide bonds. The first-order valence-corrected chi connectivity index (χ1v) is 12.7. The summed E-state index contributed by atoms with van der Waals surface area (Å²) in [5, 5.41) is 3.16. The Morgan fingerprint density at radius 1 is 1.22 bits per heavy atom. The van der Waals surface area contributed by atoms with Crippen molar-refractivity contribution in [1.29, 1.82) is 0 Å². The lowest BCUT2D eigenvalue weighted by Gasteiger charge is -2.26. The normalized spacial score (nSPS) is 17.2. The van der Waals surface area contributed by atoms with Crippen molar-refractivity contribution in [3.63, 3.8) is 0 Å². The van der Waals surface area contributed by atoms with Gasteiger partial charge in [0.05, 0.1) is 10.7 Å². The maximum Gasteiger partial charge on any atom is 0.286 e. The van der Waals surface area contributed by atoms with E-state index in [0.29, 0.717) is 3.71 Å². The molecule has 2 heterocycles. The van der Waals surface area contributed by atoms with Gasteiger partial charge >= 0.3 is 0 Å². The average Bonchev–Trinajstić information content (AvgIpc) is 3.28. The van der Waals surface area contributed by atoms with Crippen LogP contribution in [0.5, 0.6) is 0 Å². The molecule has 1 aliphatic rings. The first-order valence-electron chi connectivity index (χ1n) is 7.59. The van der Waals surface area contributed by atoms with Crippen LogP contribution < -0.4 is 3.71 Å². The number of ketones is 1. The van der Waals surface area contributed by atoms with Crippen molar-refractivity contribution in [2.45, 2.75) is 22.1 Å². The fourth-order valence-corrected chi connectivity index (χ4v) is 9.48. The third-order valence-corrected chi connectivity index (χ3v) is 11.6. The van der Waals surface area contributed by atoms with Crippen molar-refractivity contribution >= 4 is 66.2 Å². The van der Waals surface area contributed by atoms with Crippen LogP contribution in [0.25, 0.3) is 0 Å². The van der Waals surface area contributed by atoms with Gasteiger partial charge in [0.15, 0.2) is 5.78 Å². The van der Waals surface area contributed by atoms with Crippen LogP contribution in [0.15, 0.2) is 51.4 Å². The van der Waals surface area contributed by atoms with E-state index in [9.17, 15) is 21.6 Å². The van der Waals surface area contributed by atoms with E-state index in [1.807, 2.05) is 0 Å². The molecule has 11 heteroatoms. The first kappa shape index (κ1) is 20.4. The third kappa shape index (κ3) is 3.81. The van der Waals surface area contributed by atoms with Crippen LogP contribution in [-0.2, 0) is 20.0 Å². The Bertz CT molecular complexity index is 1100. The van der Waals surface area contributed by atoms with E-state index in [0.717, 1.165) is 23.1 Å². The number of rotatable bonds is 6. The van der Waals surface area contributed by atoms with Gasteiger partial charge in [-0.25, -0.2) is 8.42 Å². The summed E-state index contributed by atoms with van der Waals surface area (Å²) in [6.45, 7) is 1.32. The van der Waals surface area contributed by atoms with Crippen molar-refractivity contribution in [3.8, 4) is 0 Å². The quantitative estimate of drug-likeness (QED) is 0.599. The summed E-state index contributed by atoms with van der Waals surface area (Å²) >= 11 is 8.06. The van der Waals surface area contributed by atoms with Crippen LogP contribution in [0.4, 0.5) is 5.69 Å². The monoisotopic (exact) mass is 463 g/mol. The minimum absolute atomic E-state index is 0.0150. The molecule has 144 valence electrons. The van der Waals surface area contributed by atoms with Gasteiger partial charge in [-0.1, -0.05) is 23.7 Å². The van der Waals surface area contributed by atoms with Crippen LogP contribution in [0.1, 0.15) is 23.7 Å². The van der Waals surface area contributed by atoms with Gasteiger partial charge in [-0.05, 0) is 48.4 Å². The molecular formula is C16H14ClNO5S4. The standard InChI is InChI=1S/C16H14ClNO5S4/c1-11(19)13-7-6-12(10-14(13)17)18(26(20,21)15-4-2-8-24-15)27(22,23)16-5-3-9-25-16/h2-4,6-10,16H,5H2,1H3. The maximum absolute atomic E-state index is 13.2. The predicted octanol–water partition coefficient (Wildman–Crippen LogP) is 4.11. The van der Waals surface area contributed by atoms with Crippen LogP contribution in [0, 0.1) is 0 Å². The summed E-state index contributed by atoms with van der Waals surface area (Å²) in [6, 6.07) is 6.66. The van der Waals surface area contributed by atoms with E-state index in [1.165, 1.54) is 37.3 Å². The summed E-state index contributed by atoms with van der Waals surface area (Å²) < 4.78 is 52.0. The average molecular weight is 464 g/mol. The molecular weight excluding hydrogens is 450 g/mol. The van der Waals surface area contributed by atoms with E-state index >= 15 is 0 Å². The Morgan fingerprint density at radius 3 is 2.48 bits per heavy atom. The number of Topliss-reactive ketones (excluding diaryl/α,β-unsaturated/α-hetero) is 1. The van der Waals surface area contributed by atoms with Gasteiger partial charge in [-0.2, -0.15) is 12.1 Å². The zero-order chi connectivity index (χ0) is 19.8. The number of hydrogen-bond donors (Lipinski definition) is 0. The van der Waals surface area contributed by atoms with Gasteiger partial charge < -0.3 is 0 Å². The minimum atomic E-state index is -4.38. The highest BCUT2D eigenvalue weighted by Crippen LogP contribution is 2.38. The second-order valence-electron chi connectivity index (χ2n) is 5.57. The van der Waals surface area contributed by atoms with Crippen molar-refractivity contribution in [2.75, 3.05) is 3.71 Å².